The predicted octanol–water partition coefficient (Wildman–Crippen LogP) is 2.85. The quantitative estimate of drug-likeness (QED) is 0.821. The Bertz CT molecular complexity index is 291. The number of hydrogen-bond donors (Lipinski definition) is 2. The highest BCUT2D eigenvalue weighted by Crippen LogP contribution is 2.30. The van der Waals surface area contributed by atoms with E-state index in [0.29, 0.717) is 12.0 Å². The van der Waals surface area contributed by atoms with Crippen LogP contribution in [0.3, 0.4) is 0 Å². The van der Waals surface area contributed by atoms with Gasteiger partial charge in [0.15, 0.2) is 0 Å². The highest BCUT2D eigenvalue weighted by Gasteiger charge is 2.36. The van der Waals surface area contributed by atoms with E-state index in [9.17, 15) is 4.79 Å². The third-order valence-electron chi connectivity index (χ3n) is 5.12. The molecule has 1 amide bonds. The standard InChI is InChI=1S/C16H30N2O/c1-3-14(13-8-5-4-6-9-13)18-15(19)16(2)10-7-11-17-12-16/h13-14,17H,3-12H2,1-2H3,(H,18,19). The van der Waals surface area contributed by atoms with Crippen molar-refractivity contribution in [2.75, 3.05) is 13.1 Å². The summed E-state index contributed by atoms with van der Waals surface area (Å²) >= 11 is 0. The van der Waals surface area contributed by atoms with Crippen LogP contribution in [0.5, 0.6) is 0 Å². The largest absolute Gasteiger partial charge is 0.353 e. The first-order chi connectivity index (χ1) is 9.15. The van der Waals surface area contributed by atoms with Gasteiger partial charge in [0.25, 0.3) is 0 Å². The molecule has 1 heterocycles. The molecule has 1 aliphatic carbocycles. The van der Waals surface area contributed by atoms with Gasteiger partial charge in [-0.25, -0.2) is 0 Å². The molecule has 1 saturated carbocycles. The van der Waals surface area contributed by atoms with Crippen molar-refractivity contribution >= 4 is 5.91 Å². The normalized spacial score (nSPS) is 30.8. The summed E-state index contributed by atoms with van der Waals surface area (Å²) in [5.74, 6) is 0.986. The molecule has 2 N–H and O–H groups in total. The number of nitrogens with one attached hydrogen (secondary N) is 2. The van der Waals surface area contributed by atoms with Crippen LogP contribution in [0.1, 0.15) is 65.2 Å². The van der Waals surface area contributed by atoms with E-state index in [1.165, 1.54) is 32.1 Å². The molecule has 2 unspecified atom stereocenters. The summed E-state index contributed by atoms with van der Waals surface area (Å²) in [5, 5.41) is 6.73. The van der Waals surface area contributed by atoms with E-state index in [1.54, 1.807) is 0 Å². The topological polar surface area (TPSA) is 41.1 Å². The van der Waals surface area contributed by atoms with Gasteiger partial charge in [-0.2, -0.15) is 0 Å². The Kier molecular flexibility index (Phi) is 5.26. The van der Waals surface area contributed by atoms with E-state index in [-0.39, 0.29) is 11.3 Å². The van der Waals surface area contributed by atoms with Gasteiger partial charge in [-0.15, -0.1) is 0 Å². The minimum Gasteiger partial charge on any atom is -0.353 e. The lowest BCUT2D eigenvalue weighted by molar-refractivity contribution is -0.132. The van der Waals surface area contributed by atoms with Crippen molar-refractivity contribution in [3.05, 3.63) is 0 Å². The van der Waals surface area contributed by atoms with Crippen LogP contribution in [-0.2, 0) is 4.79 Å². The van der Waals surface area contributed by atoms with Crippen molar-refractivity contribution < 1.29 is 4.79 Å². The molecular formula is C16H30N2O. The minimum atomic E-state index is -0.194. The van der Waals surface area contributed by atoms with Crippen molar-refractivity contribution in [2.45, 2.75) is 71.3 Å². The molecule has 0 bridgehead atoms. The van der Waals surface area contributed by atoms with Crippen LogP contribution in [0.25, 0.3) is 0 Å². The Hall–Kier alpha value is -0.570. The Morgan fingerprint density at radius 3 is 2.63 bits per heavy atom. The molecule has 0 aromatic rings. The van der Waals surface area contributed by atoms with Crippen molar-refractivity contribution in [2.24, 2.45) is 11.3 Å². The first-order valence-corrected chi connectivity index (χ1v) is 8.17. The van der Waals surface area contributed by atoms with Gasteiger partial charge in [0.2, 0.25) is 5.91 Å². The van der Waals surface area contributed by atoms with Crippen molar-refractivity contribution in [1.29, 1.82) is 0 Å². The number of carbonyl (C=O) groups excluding carboxylic acids is 1. The van der Waals surface area contributed by atoms with Crippen LogP contribution in [0, 0.1) is 11.3 Å². The van der Waals surface area contributed by atoms with Gasteiger partial charge in [-0.3, -0.25) is 4.79 Å². The van der Waals surface area contributed by atoms with E-state index in [4.69, 9.17) is 0 Å². The Balaban J connectivity index is 1.91. The van der Waals surface area contributed by atoms with E-state index in [0.717, 1.165) is 32.4 Å². The fourth-order valence-corrected chi connectivity index (χ4v) is 3.68. The molecule has 1 aliphatic heterocycles. The minimum absolute atomic E-state index is 0.194. The van der Waals surface area contributed by atoms with Crippen LogP contribution in [0.2, 0.25) is 0 Å². The van der Waals surface area contributed by atoms with E-state index in [2.05, 4.69) is 24.5 Å². The smallest absolute Gasteiger partial charge is 0.227 e. The van der Waals surface area contributed by atoms with Crippen molar-refractivity contribution in [1.82, 2.24) is 10.6 Å². The lowest BCUT2D eigenvalue weighted by Gasteiger charge is -2.36. The average molecular weight is 266 g/mol. The maximum absolute atomic E-state index is 12.6. The molecule has 110 valence electrons. The van der Waals surface area contributed by atoms with Gasteiger partial charge in [0.1, 0.15) is 0 Å². The summed E-state index contributed by atoms with van der Waals surface area (Å²) in [7, 11) is 0. The van der Waals surface area contributed by atoms with Crippen LogP contribution in [0.15, 0.2) is 0 Å². The summed E-state index contributed by atoms with van der Waals surface area (Å²) in [6.45, 7) is 6.21. The number of rotatable bonds is 4. The van der Waals surface area contributed by atoms with Gasteiger partial charge >= 0.3 is 0 Å². The number of piperidine rings is 1. The maximum atomic E-state index is 12.6. The summed E-state index contributed by atoms with van der Waals surface area (Å²) in [6.07, 6.45) is 9.87. The maximum Gasteiger partial charge on any atom is 0.227 e. The molecule has 2 aliphatic rings. The second-order valence-corrected chi connectivity index (χ2v) is 6.73. The lowest BCUT2D eigenvalue weighted by atomic mass is 9.79. The fourth-order valence-electron chi connectivity index (χ4n) is 3.68. The molecule has 19 heavy (non-hydrogen) atoms. The monoisotopic (exact) mass is 266 g/mol. The molecule has 2 fully saturated rings. The highest BCUT2D eigenvalue weighted by atomic mass is 16.2. The molecule has 0 aromatic carbocycles. The van der Waals surface area contributed by atoms with E-state index in [1.807, 2.05) is 0 Å². The highest BCUT2D eigenvalue weighted by molar-refractivity contribution is 5.82. The Morgan fingerprint density at radius 2 is 2.05 bits per heavy atom. The van der Waals surface area contributed by atoms with E-state index >= 15 is 0 Å². The molecule has 2 atom stereocenters. The van der Waals surface area contributed by atoms with Gasteiger partial charge in [0, 0.05) is 12.6 Å². The molecule has 3 nitrogen and oxygen atoms in total. The molecule has 0 aromatic heterocycles. The second-order valence-electron chi connectivity index (χ2n) is 6.73. The molecular weight excluding hydrogens is 236 g/mol. The number of amides is 1. The van der Waals surface area contributed by atoms with Gasteiger partial charge in [0.05, 0.1) is 5.41 Å². The van der Waals surface area contributed by atoms with Crippen molar-refractivity contribution in [3.63, 3.8) is 0 Å². The third kappa shape index (κ3) is 3.71. The first-order valence-electron chi connectivity index (χ1n) is 8.17. The van der Waals surface area contributed by atoms with Gasteiger partial charge in [-0.05, 0) is 51.5 Å². The van der Waals surface area contributed by atoms with Crippen LogP contribution in [0.4, 0.5) is 0 Å². The van der Waals surface area contributed by atoms with Crippen LogP contribution >= 0.6 is 0 Å². The first kappa shape index (κ1) is 14.8. The average Bonchev–Trinajstić information content (AvgIpc) is 2.46. The third-order valence-corrected chi connectivity index (χ3v) is 5.12. The predicted molar refractivity (Wildman–Crippen MR) is 79.0 cm³/mol. The zero-order valence-corrected chi connectivity index (χ0v) is 12.6. The van der Waals surface area contributed by atoms with Gasteiger partial charge in [-0.1, -0.05) is 26.2 Å². The second kappa shape index (κ2) is 6.74. The zero-order valence-electron chi connectivity index (χ0n) is 12.6. The molecule has 1 saturated heterocycles. The summed E-state index contributed by atoms with van der Waals surface area (Å²) < 4.78 is 0. The molecule has 0 spiro atoms. The number of carbonyl (C=O) groups is 1. The number of hydrogen-bond acceptors (Lipinski definition) is 2. The summed E-state index contributed by atoms with van der Waals surface area (Å²) in [4.78, 5) is 12.6. The SMILES string of the molecule is CCC(NC(=O)C1(C)CCCNC1)C1CCCCC1. The van der Waals surface area contributed by atoms with E-state index < -0.39 is 0 Å². The van der Waals surface area contributed by atoms with Crippen LogP contribution in [-0.4, -0.2) is 25.0 Å². The molecule has 0 radical (unpaired) electrons. The zero-order chi connectivity index (χ0) is 13.7. The van der Waals surface area contributed by atoms with Crippen LogP contribution < -0.4 is 10.6 Å². The molecule has 3 heteroatoms. The van der Waals surface area contributed by atoms with Crippen molar-refractivity contribution in [3.8, 4) is 0 Å². The molecule has 2 rings (SSSR count). The summed E-state index contributed by atoms with van der Waals surface area (Å²) in [5.41, 5.74) is -0.194. The summed E-state index contributed by atoms with van der Waals surface area (Å²) in [6, 6.07) is 0.395. The lowest BCUT2D eigenvalue weighted by Crippen LogP contribution is -2.52. The fraction of sp³-hybridized carbons (Fsp3) is 0.938. The Labute approximate surface area is 117 Å². The Morgan fingerprint density at radius 1 is 1.32 bits per heavy atom. The van der Waals surface area contributed by atoms with Gasteiger partial charge < -0.3 is 10.6 Å².